The molecule has 0 radical (unpaired) electrons. The van der Waals surface area contributed by atoms with E-state index in [2.05, 4.69) is 4.98 Å². The van der Waals surface area contributed by atoms with Crippen LogP contribution in [-0.4, -0.2) is 4.98 Å². The maximum Gasteiger partial charge on any atom is 0.417 e. The van der Waals surface area contributed by atoms with Gasteiger partial charge in [0.25, 0.3) is 0 Å². The van der Waals surface area contributed by atoms with Gasteiger partial charge >= 0.3 is 12.4 Å². The maximum absolute atomic E-state index is 12.8. The molecular weight excluding hydrogens is 284 g/mol. The summed E-state index contributed by atoms with van der Waals surface area (Å²) in [5.41, 5.74) is -2.81. The summed E-state index contributed by atoms with van der Waals surface area (Å²) in [5.74, 6) is 0. The third-order valence-electron chi connectivity index (χ3n) is 2.60. The smallest absolute Gasteiger partial charge is 0.256 e. The van der Waals surface area contributed by atoms with E-state index in [1.807, 2.05) is 0 Å². The van der Waals surface area contributed by atoms with E-state index in [0.717, 1.165) is 18.3 Å². The average Bonchev–Trinajstić information content (AvgIpc) is 2.37. The Bertz CT molecular complexity index is 615. The second kappa shape index (κ2) is 4.81. The third kappa shape index (κ3) is 2.92. The minimum atomic E-state index is -4.66. The Labute approximate surface area is 109 Å². The lowest BCUT2D eigenvalue weighted by atomic mass is 10.0. The molecule has 1 nitrogen and oxygen atoms in total. The van der Waals surface area contributed by atoms with Crippen molar-refractivity contribution in [1.82, 2.24) is 4.98 Å². The molecule has 0 aliphatic heterocycles. The van der Waals surface area contributed by atoms with E-state index >= 15 is 0 Å². The zero-order valence-electron chi connectivity index (χ0n) is 9.76. The Morgan fingerprint density at radius 1 is 0.800 bits per heavy atom. The third-order valence-corrected chi connectivity index (χ3v) is 2.60. The largest absolute Gasteiger partial charge is 0.417 e. The number of rotatable bonds is 1. The zero-order chi connectivity index (χ0) is 15.0. The molecule has 0 amide bonds. The Morgan fingerprint density at radius 2 is 1.45 bits per heavy atom. The van der Waals surface area contributed by atoms with Gasteiger partial charge in [-0.3, -0.25) is 4.98 Å². The highest BCUT2D eigenvalue weighted by Crippen LogP contribution is 2.37. The van der Waals surface area contributed by atoms with Crippen LogP contribution in [0.5, 0.6) is 0 Å². The fourth-order valence-corrected chi connectivity index (χ4v) is 1.71. The van der Waals surface area contributed by atoms with Gasteiger partial charge in [-0.2, -0.15) is 26.3 Å². The van der Waals surface area contributed by atoms with Crippen molar-refractivity contribution in [3.8, 4) is 11.3 Å². The van der Waals surface area contributed by atoms with Crippen molar-refractivity contribution in [3.05, 3.63) is 53.7 Å². The molecule has 0 spiro atoms. The number of alkyl halides is 6. The molecule has 2 rings (SSSR count). The maximum atomic E-state index is 12.8. The molecule has 20 heavy (non-hydrogen) atoms. The Hall–Kier alpha value is -2.05. The molecule has 0 aliphatic carbocycles. The number of hydrogen-bond acceptors (Lipinski definition) is 1. The fourth-order valence-electron chi connectivity index (χ4n) is 1.71. The second-order valence-electron chi connectivity index (χ2n) is 3.97. The van der Waals surface area contributed by atoms with Crippen LogP contribution in [-0.2, 0) is 12.4 Å². The number of hydrogen-bond donors (Lipinski definition) is 0. The topological polar surface area (TPSA) is 12.9 Å². The Balaban J connectivity index is 2.59. The van der Waals surface area contributed by atoms with Crippen LogP contribution in [0, 0.1) is 0 Å². The van der Waals surface area contributed by atoms with Crippen LogP contribution in [0.3, 0.4) is 0 Å². The summed E-state index contributed by atoms with van der Waals surface area (Å²) >= 11 is 0. The summed E-state index contributed by atoms with van der Waals surface area (Å²) in [6.07, 6.45) is -8.46. The summed E-state index contributed by atoms with van der Waals surface area (Å²) < 4.78 is 76.2. The number of benzene rings is 1. The van der Waals surface area contributed by atoms with E-state index in [9.17, 15) is 26.3 Å². The van der Waals surface area contributed by atoms with Gasteiger partial charge in [0.1, 0.15) is 0 Å². The molecule has 0 unspecified atom stereocenters. The molecule has 106 valence electrons. The lowest BCUT2D eigenvalue weighted by molar-refractivity contribution is -0.137. The molecule has 0 bridgehead atoms. The standard InChI is InChI=1S/C13H7F6N/c14-12(15,16)8-5-6-20-11(7-8)9-3-1-2-4-10(9)13(17,18)19/h1-7H. The summed E-state index contributed by atoms with van der Waals surface area (Å²) in [6, 6.07) is 5.68. The first-order chi connectivity index (χ1) is 9.19. The van der Waals surface area contributed by atoms with E-state index in [1.165, 1.54) is 12.1 Å². The van der Waals surface area contributed by atoms with E-state index in [0.29, 0.717) is 12.1 Å². The van der Waals surface area contributed by atoms with Gasteiger partial charge in [-0.25, -0.2) is 0 Å². The van der Waals surface area contributed by atoms with Crippen LogP contribution in [0.25, 0.3) is 11.3 Å². The van der Waals surface area contributed by atoms with Gasteiger partial charge in [-0.15, -0.1) is 0 Å². The molecule has 0 aliphatic rings. The van der Waals surface area contributed by atoms with E-state index in [1.54, 1.807) is 0 Å². The van der Waals surface area contributed by atoms with Crippen molar-refractivity contribution < 1.29 is 26.3 Å². The first-order valence-electron chi connectivity index (χ1n) is 5.39. The molecule has 2 aromatic rings. The minimum Gasteiger partial charge on any atom is -0.256 e. The molecule has 7 heteroatoms. The van der Waals surface area contributed by atoms with Crippen LogP contribution in [0.2, 0.25) is 0 Å². The first kappa shape index (κ1) is 14.4. The number of nitrogens with zero attached hydrogens (tertiary/aromatic N) is 1. The quantitative estimate of drug-likeness (QED) is 0.689. The van der Waals surface area contributed by atoms with Gasteiger partial charge in [-0.1, -0.05) is 18.2 Å². The average molecular weight is 291 g/mol. The van der Waals surface area contributed by atoms with Gasteiger partial charge in [0.2, 0.25) is 0 Å². The summed E-state index contributed by atoms with van der Waals surface area (Å²) in [4.78, 5) is 3.60. The van der Waals surface area contributed by atoms with Crippen LogP contribution in [0.4, 0.5) is 26.3 Å². The minimum absolute atomic E-state index is 0.368. The highest BCUT2D eigenvalue weighted by Gasteiger charge is 2.35. The zero-order valence-corrected chi connectivity index (χ0v) is 9.76. The van der Waals surface area contributed by atoms with Crippen LogP contribution < -0.4 is 0 Å². The SMILES string of the molecule is FC(F)(F)c1ccnc(-c2ccccc2C(F)(F)F)c1. The van der Waals surface area contributed by atoms with Crippen molar-refractivity contribution in [3.63, 3.8) is 0 Å². The van der Waals surface area contributed by atoms with E-state index < -0.39 is 23.5 Å². The monoisotopic (exact) mass is 291 g/mol. The molecule has 0 fully saturated rings. The summed E-state index contributed by atoms with van der Waals surface area (Å²) in [5, 5.41) is 0. The molecule has 0 saturated carbocycles. The van der Waals surface area contributed by atoms with Gasteiger partial charge in [0.15, 0.2) is 0 Å². The molecule has 1 heterocycles. The molecule has 1 aromatic heterocycles. The number of pyridine rings is 1. The predicted octanol–water partition coefficient (Wildman–Crippen LogP) is 4.79. The fraction of sp³-hybridized carbons (Fsp3) is 0.154. The van der Waals surface area contributed by atoms with Gasteiger partial charge in [0, 0.05) is 11.8 Å². The Kier molecular flexibility index (Phi) is 3.45. The van der Waals surface area contributed by atoms with Crippen LogP contribution in [0.15, 0.2) is 42.6 Å². The number of aromatic nitrogens is 1. The highest BCUT2D eigenvalue weighted by atomic mass is 19.4. The van der Waals surface area contributed by atoms with Crippen molar-refractivity contribution in [2.75, 3.05) is 0 Å². The predicted molar refractivity (Wildman–Crippen MR) is 59.7 cm³/mol. The van der Waals surface area contributed by atoms with Crippen molar-refractivity contribution >= 4 is 0 Å². The highest BCUT2D eigenvalue weighted by molar-refractivity contribution is 5.65. The normalized spacial score (nSPS) is 12.5. The summed E-state index contributed by atoms with van der Waals surface area (Å²) in [7, 11) is 0. The molecule has 0 atom stereocenters. The van der Waals surface area contributed by atoms with Crippen LogP contribution >= 0.6 is 0 Å². The van der Waals surface area contributed by atoms with E-state index in [4.69, 9.17) is 0 Å². The van der Waals surface area contributed by atoms with Gasteiger partial charge < -0.3 is 0 Å². The lowest BCUT2D eigenvalue weighted by Crippen LogP contribution is -2.09. The molecular formula is C13H7F6N. The Morgan fingerprint density at radius 3 is 2.05 bits per heavy atom. The first-order valence-corrected chi connectivity index (χ1v) is 5.39. The van der Waals surface area contributed by atoms with Gasteiger partial charge in [-0.05, 0) is 18.2 Å². The summed E-state index contributed by atoms with van der Waals surface area (Å²) in [6.45, 7) is 0. The van der Waals surface area contributed by atoms with E-state index in [-0.39, 0.29) is 11.3 Å². The van der Waals surface area contributed by atoms with Crippen molar-refractivity contribution in [2.24, 2.45) is 0 Å². The van der Waals surface area contributed by atoms with Crippen molar-refractivity contribution in [1.29, 1.82) is 0 Å². The van der Waals surface area contributed by atoms with Crippen molar-refractivity contribution in [2.45, 2.75) is 12.4 Å². The molecule has 1 aromatic carbocycles. The number of halogens is 6. The molecule has 0 saturated heterocycles. The lowest BCUT2D eigenvalue weighted by Gasteiger charge is -2.13. The van der Waals surface area contributed by atoms with Crippen LogP contribution in [0.1, 0.15) is 11.1 Å². The van der Waals surface area contributed by atoms with Gasteiger partial charge in [0.05, 0.1) is 16.8 Å². The second-order valence-corrected chi connectivity index (χ2v) is 3.97. The molecule has 0 N–H and O–H groups in total.